The molecule has 148 valence electrons. The smallest absolute Gasteiger partial charge is 0.256 e. The van der Waals surface area contributed by atoms with Crippen LogP contribution in [-0.2, 0) is 27.6 Å². The minimum atomic E-state index is -0.215. The fourth-order valence-electron chi connectivity index (χ4n) is 3.33. The number of thioether (sulfide) groups is 1. The Morgan fingerprint density at radius 1 is 1.29 bits per heavy atom. The van der Waals surface area contributed by atoms with Crippen molar-refractivity contribution in [2.45, 2.75) is 37.0 Å². The average molecular weight is 465 g/mol. The van der Waals surface area contributed by atoms with Gasteiger partial charge >= 0.3 is 0 Å². The lowest BCUT2D eigenvalue weighted by Gasteiger charge is -2.13. The normalized spacial score (nSPS) is 18.1. The summed E-state index contributed by atoms with van der Waals surface area (Å²) >= 11 is 5.12. The number of rotatable bonds is 6. The molecule has 0 saturated carbocycles. The lowest BCUT2D eigenvalue weighted by molar-refractivity contribution is -0.122. The number of hydrogen-bond donors (Lipinski definition) is 2. The maximum Gasteiger partial charge on any atom is 0.256 e. The maximum atomic E-state index is 12.7. The van der Waals surface area contributed by atoms with Gasteiger partial charge in [-0.3, -0.25) is 9.59 Å². The van der Waals surface area contributed by atoms with Crippen LogP contribution >= 0.6 is 27.7 Å². The molecule has 7 nitrogen and oxygen atoms in total. The summed E-state index contributed by atoms with van der Waals surface area (Å²) in [6, 6.07) is 7.16. The number of aromatic nitrogens is 2. The molecule has 0 spiro atoms. The third-order valence-corrected chi connectivity index (χ3v) is 6.30. The van der Waals surface area contributed by atoms with Crippen LogP contribution < -0.4 is 10.6 Å². The highest BCUT2D eigenvalue weighted by Crippen LogP contribution is 2.34. The fraction of sp³-hybridized carbons (Fsp3) is 0.421. The van der Waals surface area contributed by atoms with Crippen LogP contribution in [0.3, 0.4) is 0 Å². The van der Waals surface area contributed by atoms with E-state index in [0.29, 0.717) is 17.9 Å². The van der Waals surface area contributed by atoms with Crippen LogP contribution in [0.2, 0.25) is 0 Å². The van der Waals surface area contributed by atoms with Crippen LogP contribution in [0.4, 0.5) is 5.82 Å². The van der Waals surface area contributed by atoms with E-state index in [1.54, 1.807) is 28.6 Å². The Bertz CT molecular complexity index is 878. The number of anilines is 1. The molecule has 9 heteroatoms. The van der Waals surface area contributed by atoms with Gasteiger partial charge in [0.15, 0.2) is 0 Å². The predicted octanol–water partition coefficient (Wildman–Crippen LogP) is 2.94. The van der Waals surface area contributed by atoms with E-state index in [4.69, 9.17) is 4.74 Å². The van der Waals surface area contributed by atoms with Crippen molar-refractivity contribution >= 4 is 45.3 Å². The molecule has 0 bridgehead atoms. The number of fused-ring (bicyclic) bond motifs is 1. The topological polar surface area (TPSA) is 85.2 Å². The molecule has 1 aromatic heterocycles. The lowest BCUT2D eigenvalue weighted by Crippen LogP contribution is -2.34. The Hall–Kier alpha value is -1.84. The Labute approximate surface area is 175 Å². The van der Waals surface area contributed by atoms with Gasteiger partial charge in [-0.15, -0.1) is 0 Å². The summed E-state index contributed by atoms with van der Waals surface area (Å²) in [5.74, 6) is 1.83. The zero-order valence-electron chi connectivity index (χ0n) is 15.2. The molecule has 2 N–H and O–H groups in total. The zero-order chi connectivity index (χ0) is 19.5. The summed E-state index contributed by atoms with van der Waals surface area (Å²) in [5, 5.41) is 10.4. The van der Waals surface area contributed by atoms with E-state index in [0.717, 1.165) is 46.7 Å². The first-order chi connectivity index (χ1) is 13.6. The lowest BCUT2D eigenvalue weighted by atomic mass is 10.2. The summed E-state index contributed by atoms with van der Waals surface area (Å²) < 4.78 is 8.05. The summed E-state index contributed by atoms with van der Waals surface area (Å²) in [6.07, 6.45) is 2.11. The first-order valence-corrected chi connectivity index (χ1v) is 11.2. The molecule has 1 saturated heterocycles. The molecule has 2 aliphatic heterocycles. The van der Waals surface area contributed by atoms with Crippen LogP contribution in [0.25, 0.3) is 0 Å². The highest BCUT2D eigenvalue weighted by Gasteiger charge is 2.25. The van der Waals surface area contributed by atoms with Crippen molar-refractivity contribution in [3.63, 3.8) is 0 Å². The molecule has 28 heavy (non-hydrogen) atoms. The molecule has 2 aliphatic rings. The number of hydrogen-bond acceptors (Lipinski definition) is 5. The molecule has 0 radical (unpaired) electrons. The van der Waals surface area contributed by atoms with Gasteiger partial charge in [0.1, 0.15) is 12.4 Å². The number of carbonyl (C=O) groups excluding carboxylic acids is 2. The van der Waals surface area contributed by atoms with E-state index in [2.05, 4.69) is 31.7 Å². The molecule has 1 atom stereocenters. The number of benzene rings is 1. The second kappa shape index (κ2) is 8.67. The third-order valence-electron chi connectivity index (χ3n) is 4.80. The Morgan fingerprint density at radius 2 is 2.11 bits per heavy atom. The standard InChI is InChI=1S/C19H21BrN4O3S/c20-13-5-3-12(4-6-13)19(26)22-18-15-10-28-11-16(15)23-24(18)9-17(25)21-8-14-2-1-7-27-14/h3-6,14H,1-2,7-11H2,(H,21,25)(H,22,26). The van der Waals surface area contributed by atoms with Gasteiger partial charge in [0.25, 0.3) is 5.91 Å². The highest BCUT2D eigenvalue weighted by atomic mass is 79.9. The van der Waals surface area contributed by atoms with E-state index < -0.39 is 0 Å². The van der Waals surface area contributed by atoms with Crippen LogP contribution in [0.15, 0.2) is 28.7 Å². The Morgan fingerprint density at radius 3 is 2.86 bits per heavy atom. The van der Waals surface area contributed by atoms with Gasteiger partial charge in [-0.2, -0.15) is 16.9 Å². The van der Waals surface area contributed by atoms with Gasteiger partial charge in [-0.25, -0.2) is 4.68 Å². The summed E-state index contributed by atoms with van der Waals surface area (Å²) in [5.41, 5.74) is 2.49. The monoisotopic (exact) mass is 464 g/mol. The summed E-state index contributed by atoms with van der Waals surface area (Å²) in [4.78, 5) is 25.1. The van der Waals surface area contributed by atoms with Gasteiger partial charge in [0.2, 0.25) is 5.91 Å². The Balaban J connectivity index is 1.46. The number of nitrogens with one attached hydrogen (secondary N) is 2. The number of carbonyl (C=O) groups is 2. The fourth-order valence-corrected chi connectivity index (χ4v) is 4.63. The number of amides is 2. The molecule has 1 unspecified atom stereocenters. The van der Waals surface area contributed by atoms with Gasteiger partial charge in [-0.1, -0.05) is 15.9 Å². The van der Waals surface area contributed by atoms with E-state index in [9.17, 15) is 9.59 Å². The van der Waals surface area contributed by atoms with E-state index in [-0.39, 0.29) is 24.5 Å². The molecule has 2 amide bonds. The number of ether oxygens (including phenoxy) is 1. The van der Waals surface area contributed by atoms with E-state index in [1.165, 1.54) is 0 Å². The first-order valence-electron chi connectivity index (χ1n) is 9.21. The minimum absolute atomic E-state index is 0.0698. The molecule has 4 rings (SSSR count). The molecule has 3 heterocycles. The first kappa shape index (κ1) is 19.5. The van der Waals surface area contributed by atoms with E-state index >= 15 is 0 Å². The SMILES string of the molecule is O=C(Cn1nc2c(c1NC(=O)c1ccc(Br)cc1)CSC2)NCC1CCCO1. The van der Waals surface area contributed by atoms with Gasteiger partial charge in [0.05, 0.1) is 11.8 Å². The quantitative estimate of drug-likeness (QED) is 0.686. The molecule has 2 aromatic rings. The summed E-state index contributed by atoms with van der Waals surface area (Å²) in [7, 11) is 0. The van der Waals surface area contributed by atoms with Crippen molar-refractivity contribution in [1.82, 2.24) is 15.1 Å². The third kappa shape index (κ3) is 4.42. The minimum Gasteiger partial charge on any atom is -0.376 e. The number of halogens is 1. The van der Waals surface area contributed by atoms with Crippen molar-refractivity contribution in [1.29, 1.82) is 0 Å². The van der Waals surface area contributed by atoms with Crippen molar-refractivity contribution in [3.8, 4) is 0 Å². The second-order valence-corrected chi connectivity index (χ2v) is 8.73. The van der Waals surface area contributed by atoms with Gasteiger partial charge < -0.3 is 15.4 Å². The van der Waals surface area contributed by atoms with Crippen molar-refractivity contribution < 1.29 is 14.3 Å². The largest absolute Gasteiger partial charge is 0.376 e. The van der Waals surface area contributed by atoms with Crippen molar-refractivity contribution in [2.24, 2.45) is 0 Å². The summed E-state index contributed by atoms with van der Waals surface area (Å²) in [6.45, 7) is 1.34. The van der Waals surface area contributed by atoms with Gasteiger partial charge in [0, 0.05) is 40.3 Å². The average Bonchev–Trinajstić information content (AvgIpc) is 3.41. The van der Waals surface area contributed by atoms with Crippen molar-refractivity contribution in [3.05, 3.63) is 45.6 Å². The molecular weight excluding hydrogens is 444 g/mol. The van der Waals surface area contributed by atoms with Crippen LogP contribution in [0.5, 0.6) is 0 Å². The van der Waals surface area contributed by atoms with Crippen LogP contribution in [0, 0.1) is 0 Å². The number of nitrogens with zero attached hydrogens (tertiary/aromatic N) is 2. The van der Waals surface area contributed by atoms with E-state index in [1.807, 2.05) is 12.1 Å². The second-order valence-electron chi connectivity index (χ2n) is 6.82. The molecule has 1 fully saturated rings. The highest BCUT2D eigenvalue weighted by molar-refractivity contribution is 9.10. The van der Waals surface area contributed by atoms with Crippen LogP contribution in [0.1, 0.15) is 34.5 Å². The van der Waals surface area contributed by atoms with Crippen molar-refractivity contribution in [2.75, 3.05) is 18.5 Å². The van der Waals surface area contributed by atoms with Crippen LogP contribution in [-0.4, -0.2) is 40.9 Å². The van der Waals surface area contributed by atoms with Gasteiger partial charge in [-0.05, 0) is 37.1 Å². The predicted molar refractivity (Wildman–Crippen MR) is 111 cm³/mol. The molecule has 1 aromatic carbocycles. The Kier molecular flexibility index (Phi) is 6.03. The molecule has 0 aliphatic carbocycles. The molecular formula is C19H21BrN4O3S. The zero-order valence-corrected chi connectivity index (χ0v) is 17.6. The maximum absolute atomic E-state index is 12.7.